The van der Waals surface area contributed by atoms with Crippen molar-refractivity contribution in [1.29, 1.82) is 0 Å². The van der Waals surface area contributed by atoms with Gasteiger partial charge in [-0.3, -0.25) is 4.79 Å². The fraction of sp³-hybridized carbons (Fsp3) is 0.125. The second kappa shape index (κ2) is 3.84. The maximum absolute atomic E-state index is 11.8. The summed E-state index contributed by atoms with van der Waals surface area (Å²) in [6, 6.07) is 6.28. The number of hydrogen-bond donors (Lipinski definition) is 1. The van der Waals surface area contributed by atoms with Gasteiger partial charge in [0.25, 0.3) is 5.91 Å². The molecule has 0 bridgehead atoms. The molecule has 0 aliphatic carbocycles. The molecule has 1 amide bonds. The van der Waals surface area contributed by atoms with Crippen LogP contribution in [0.3, 0.4) is 0 Å². The molecule has 0 saturated heterocycles. The van der Waals surface area contributed by atoms with Gasteiger partial charge in [0.2, 0.25) is 0 Å². The third kappa shape index (κ3) is 2.40. The fourth-order valence-electron chi connectivity index (χ4n) is 0.807. The van der Waals surface area contributed by atoms with Crippen molar-refractivity contribution in [3.8, 4) is 5.75 Å². The molecule has 69 valence electrons. The van der Waals surface area contributed by atoms with Crippen molar-refractivity contribution in [2.75, 3.05) is 0 Å². The fourth-order valence-corrected chi connectivity index (χ4v) is 0.807. The highest BCUT2D eigenvalue weighted by Gasteiger charge is 2.12. The van der Waals surface area contributed by atoms with E-state index in [1.54, 1.807) is 0 Å². The van der Waals surface area contributed by atoms with E-state index in [2.05, 4.69) is 10.8 Å². The molecule has 0 aliphatic rings. The lowest BCUT2D eigenvalue weighted by atomic mass is 10.2. The minimum Gasteiger partial charge on any atom is -0.434 e. The first-order valence-corrected chi connectivity index (χ1v) is 3.36. The Morgan fingerprint density at radius 3 is 2.85 bits per heavy atom. The van der Waals surface area contributed by atoms with Crippen LogP contribution >= 0.6 is 0 Å². The molecule has 3 nitrogen and oxygen atoms in total. The Hall–Kier alpha value is -1.65. The highest BCUT2D eigenvalue weighted by molar-refractivity contribution is 5.95. The number of primary amides is 1. The number of benzene rings is 1. The minimum absolute atomic E-state index is 0.109. The van der Waals surface area contributed by atoms with Gasteiger partial charge in [-0.25, -0.2) is 0 Å². The lowest BCUT2D eigenvalue weighted by molar-refractivity contribution is -0.0501. The lowest BCUT2D eigenvalue weighted by Crippen LogP contribution is -2.14. The Labute approximate surface area is 73.1 Å². The molecule has 0 spiro atoms. The monoisotopic (exact) mass is 186 g/mol. The van der Waals surface area contributed by atoms with Crippen molar-refractivity contribution in [3.63, 3.8) is 0 Å². The van der Waals surface area contributed by atoms with Crippen molar-refractivity contribution in [3.05, 3.63) is 29.8 Å². The lowest BCUT2D eigenvalue weighted by Gasteiger charge is -2.06. The summed E-state index contributed by atoms with van der Waals surface area (Å²) >= 11 is 0. The van der Waals surface area contributed by atoms with Gasteiger partial charge < -0.3 is 10.5 Å². The molecule has 13 heavy (non-hydrogen) atoms. The predicted octanol–water partition coefficient (Wildman–Crippen LogP) is 1.19. The van der Waals surface area contributed by atoms with Crippen molar-refractivity contribution in [1.82, 2.24) is 0 Å². The molecule has 1 aromatic carbocycles. The summed E-state index contributed by atoms with van der Waals surface area (Å²) in [6.45, 7) is -2.97. The smallest absolute Gasteiger partial charge is 0.387 e. The second-order valence-corrected chi connectivity index (χ2v) is 2.17. The largest absolute Gasteiger partial charge is 0.434 e. The van der Waals surface area contributed by atoms with Gasteiger partial charge in [-0.1, -0.05) is 6.07 Å². The number of alkyl halides is 2. The quantitative estimate of drug-likeness (QED) is 0.770. The summed E-state index contributed by atoms with van der Waals surface area (Å²) in [6.07, 6.45) is 0. The van der Waals surface area contributed by atoms with Crippen molar-refractivity contribution >= 4 is 5.91 Å². The average molecular weight is 186 g/mol. The Bertz CT molecular complexity index is 315. The summed E-state index contributed by atoms with van der Waals surface area (Å²) in [5.41, 5.74) is 4.80. The Balaban J connectivity index is 2.98. The zero-order valence-corrected chi connectivity index (χ0v) is 6.46. The van der Waals surface area contributed by atoms with Gasteiger partial charge in [0.05, 0.1) is 5.56 Å². The normalized spacial score (nSPS) is 10.1. The number of amides is 1. The molecule has 0 atom stereocenters. The molecule has 1 aromatic rings. The molecule has 0 saturated carbocycles. The molecule has 0 unspecified atom stereocenters. The first-order valence-electron chi connectivity index (χ1n) is 3.36. The minimum atomic E-state index is -2.97. The van der Waals surface area contributed by atoms with Gasteiger partial charge in [0.15, 0.2) is 0 Å². The molecular formula is C8H6F2NO2. The van der Waals surface area contributed by atoms with E-state index >= 15 is 0 Å². The van der Waals surface area contributed by atoms with Crippen LogP contribution in [-0.2, 0) is 0 Å². The summed E-state index contributed by atoms with van der Waals surface area (Å²) in [5, 5.41) is 0. The Morgan fingerprint density at radius 2 is 2.31 bits per heavy atom. The van der Waals surface area contributed by atoms with E-state index < -0.39 is 12.5 Å². The highest BCUT2D eigenvalue weighted by Crippen LogP contribution is 2.18. The number of nitrogens with two attached hydrogens (primary N) is 1. The molecule has 0 aromatic heterocycles. The van der Waals surface area contributed by atoms with Crippen LogP contribution < -0.4 is 10.5 Å². The third-order valence-electron chi connectivity index (χ3n) is 1.31. The number of ether oxygens (including phenoxy) is 1. The summed E-state index contributed by atoms with van der Waals surface area (Å²) in [4.78, 5) is 10.7. The number of rotatable bonds is 3. The number of carbonyl (C=O) groups excluding carboxylic acids is 1. The SMILES string of the molecule is NC(=O)c1c[c]ccc1OC(F)F. The van der Waals surface area contributed by atoms with Crippen molar-refractivity contribution in [2.45, 2.75) is 6.61 Å². The van der Waals surface area contributed by atoms with Gasteiger partial charge in [-0.05, 0) is 18.2 Å². The maximum atomic E-state index is 11.8. The number of carbonyl (C=O) groups is 1. The van der Waals surface area contributed by atoms with Crippen LogP contribution in [0.4, 0.5) is 8.78 Å². The molecular weight excluding hydrogens is 180 g/mol. The Morgan fingerprint density at radius 1 is 1.62 bits per heavy atom. The number of halogens is 2. The zero-order chi connectivity index (χ0) is 9.84. The van der Waals surface area contributed by atoms with Crippen LogP contribution in [0.1, 0.15) is 10.4 Å². The van der Waals surface area contributed by atoms with Crippen LogP contribution in [0.15, 0.2) is 18.2 Å². The molecule has 0 heterocycles. The van der Waals surface area contributed by atoms with E-state index in [4.69, 9.17) is 5.73 Å². The van der Waals surface area contributed by atoms with Crippen LogP contribution in [0.2, 0.25) is 0 Å². The van der Waals surface area contributed by atoms with Gasteiger partial charge >= 0.3 is 6.61 Å². The highest BCUT2D eigenvalue weighted by atomic mass is 19.3. The van der Waals surface area contributed by atoms with E-state index in [1.807, 2.05) is 0 Å². The molecule has 0 aliphatic heterocycles. The van der Waals surface area contributed by atoms with Crippen LogP contribution in [0.25, 0.3) is 0 Å². The zero-order valence-electron chi connectivity index (χ0n) is 6.46. The molecule has 0 fully saturated rings. The topological polar surface area (TPSA) is 52.3 Å². The summed E-state index contributed by atoms with van der Waals surface area (Å²) < 4.78 is 27.6. The van der Waals surface area contributed by atoms with E-state index in [-0.39, 0.29) is 11.3 Å². The van der Waals surface area contributed by atoms with E-state index in [9.17, 15) is 13.6 Å². The molecule has 2 N–H and O–H groups in total. The average Bonchev–Trinajstić information content (AvgIpc) is 2.03. The maximum Gasteiger partial charge on any atom is 0.387 e. The van der Waals surface area contributed by atoms with Gasteiger partial charge in [0, 0.05) is 0 Å². The summed E-state index contributed by atoms with van der Waals surface area (Å²) in [7, 11) is 0. The van der Waals surface area contributed by atoms with Crippen LogP contribution in [-0.4, -0.2) is 12.5 Å². The summed E-state index contributed by atoms with van der Waals surface area (Å²) in [5.74, 6) is -1.06. The van der Waals surface area contributed by atoms with Crippen LogP contribution in [0, 0.1) is 6.07 Å². The number of hydrogen-bond acceptors (Lipinski definition) is 2. The van der Waals surface area contributed by atoms with E-state index in [0.717, 1.165) is 0 Å². The molecule has 1 radical (unpaired) electrons. The molecule has 5 heteroatoms. The first kappa shape index (κ1) is 9.44. The van der Waals surface area contributed by atoms with Crippen molar-refractivity contribution in [2.24, 2.45) is 5.73 Å². The van der Waals surface area contributed by atoms with Crippen molar-refractivity contribution < 1.29 is 18.3 Å². The van der Waals surface area contributed by atoms with Crippen LogP contribution in [0.5, 0.6) is 5.75 Å². The van der Waals surface area contributed by atoms with E-state index in [0.29, 0.717) is 0 Å². The van der Waals surface area contributed by atoms with E-state index in [1.165, 1.54) is 18.2 Å². The van der Waals surface area contributed by atoms with Gasteiger partial charge in [0.1, 0.15) is 5.75 Å². The second-order valence-electron chi connectivity index (χ2n) is 2.17. The standard InChI is InChI=1S/C8H6F2NO2/c9-8(10)13-6-4-2-1-3-5(6)7(11)12/h2-4,8H,(H2,11,12). The predicted molar refractivity (Wildman–Crippen MR) is 40.4 cm³/mol. The first-order chi connectivity index (χ1) is 6.11. The third-order valence-corrected chi connectivity index (χ3v) is 1.31. The van der Waals surface area contributed by atoms with Gasteiger partial charge in [-0.2, -0.15) is 8.78 Å². The van der Waals surface area contributed by atoms with Gasteiger partial charge in [-0.15, -0.1) is 0 Å². The Kier molecular flexibility index (Phi) is 2.79. The molecule has 1 rings (SSSR count).